The molecule has 1 heterocycles. The lowest BCUT2D eigenvalue weighted by Crippen LogP contribution is -2.33. The number of ether oxygens (including phenoxy) is 1. The molecule has 0 spiro atoms. The van der Waals surface area contributed by atoms with Gasteiger partial charge in [-0.15, -0.1) is 0 Å². The maximum absolute atomic E-state index is 12.2. The molecule has 2 aromatic rings. The third kappa shape index (κ3) is 6.34. The predicted molar refractivity (Wildman–Crippen MR) is 110 cm³/mol. The molecule has 0 unspecified atom stereocenters. The topological polar surface area (TPSA) is 114 Å². The van der Waals surface area contributed by atoms with Gasteiger partial charge in [-0.1, -0.05) is 0 Å². The number of aryl methyl sites for hydroxylation is 2. The molecule has 2 rings (SSSR count). The monoisotopic (exact) mass is 401 g/mol. The van der Waals surface area contributed by atoms with E-state index in [2.05, 4.69) is 21.0 Å². The molecule has 0 saturated carbocycles. The van der Waals surface area contributed by atoms with Crippen LogP contribution in [-0.4, -0.2) is 39.8 Å². The van der Waals surface area contributed by atoms with E-state index in [0.717, 1.165) is 5.69 Å². The van der Waals surface area contributed by atoms with Crippen molar-refractivity contribution in [1.82, 2.24) is 15.1 Å². The molecular formula is C20H27N5O4. The highest BCUT2D eigenvalue weighted by Gasteiger charge is 2.17. The van der Waals surface area contributed by atoms with Crippen LogP contribution in [0.4, 0.5) is 16.2 Å². The van der Waals surface area contributed by atoms with E-state index in [9.17, 15) is 14.4 Å². The number of rotatable bonds is 5. The van der Waals surface area contributed by atoms with Crippen molar-refractivity contribution in [2.75, 3.05) is 17.2 Å². The van der Waals surface area contributed by atoms with E-state index in [1.54, 1.807) is 63.7 Å². The second kappa shape index (κ2) is 8.76. The summed E-state index contributed by atoms with van der Waals surface area (Å²) in [7, 11) is 1.79. The maximum atomic E-state index is 12.2. The van der Waals surface area contributed by atoms with Crippen LogP contribution in [-0.2, 0) is 16.6 Å². The van der Waals surface area contributed by atoms with E-state index in [0.29, 0.717) is 22.6 Å². The fourth-order valence-corrected chi connectivity index (χ4v) is 2.53. The minimum atomic E-state index is -0.600. The summed E-state index contributed by atoms with van der Waals surface area (Å²) in [6.45, 7) is 8.78. The van der Waals surface area contributed by atoms with Crippen LogP contribution in [0.2, 0.25) is 0 Å². The van der Waals surface area contributed by atoms with Crippen LogP contribution in [0.1, 0.15) is 42.5 Å². The van der Waals surface area contributed by atoms with E-state index >= 15 is 0 Å². The van der Waals surface area contributed by atoms with Gasteiger partial charge in [-0.2, -0.15) is 5.10 Å². The SMILES string of the molecule is Cc1nn(C)c(C)c1NC(=O)CNC(=O)c1ccc(NC(=O)OC(C)(C)C)cc1. The van der Waals surface area contributed by atoms with Crippen molar-refractivity contribution in [3.8, 4) is 0 Å². The number of nitrogens with zero attached hydrogens (tertiary/aromatic N) is 2. The Morgan fingerprint density at radius 1 is 1.07 bits per heavy atom. The van der Waals surface area contributed by atoms with Crippen molar-refractivity contribution in [3.05, 3.63) is 41.2 Å². The van der Waals surface area contributed by atoms with Crippen molar-refractivity contribution >= 4 is 29.3 Å². The number of carbonyl (C=O) groups is 3. The normalized spacial score (nSPS) is 11.0. The van der Waals surface area contributed by atoms with Gasteiger partial charge in [-0.3, -0.25) is 19.6 Å². The fraction of sp³-hybridized carbons (Fsp3) is 0.400. The number of benzene rings is 1. The largest absolute Gasteiger partial charge is 0.444 e. The van der Waals surface area contributed by atoms with Crippen LogP contribution in [0.3, 0.4) is 0 Å². The summed E-state index contributed by atoms with van der Waals surface area (Å²) in [4.78, 5) is 36.1. The number of anilines is 2. The molecule has 1 aromatic heterocycles. The van der Waals surface area contributed by atoms with Crippen molar-refractivity contribution in [2.45, 2.75) is 40.2 Å². The average molecular weight is 401 g/mol. The molecule has 0 atom stereocenters. The van der Waals surface area contributed by atoms with Crippen molar-refractivity contribution in [3.63, 3.8) is 0 Å². The lowest BCUT2D eigenvalue weighted by molar-refractivity contribution is -0.115. The number of amides is 3. The van der Waals surface area contributed by atoms with E-state index in [1.165, 1.54) is 0 Å². The summed E-state index contributed by atoms with van der Waals surface area (Å²) < 4.78 is 6.85. The summed E-state index contributed by atoms with van der Waals surface area (Å²) in [6, 6.07) is 6.27. The molecule has 0 radical (unpaired) electrons. The molecule has 1 aromatic carbocycles. The maximum Gasteiger partial charge on any atom is 0.412 e. The standard InChI is InChI=1S/C20H27N5O4/c1-12-17(13(2)25(6)24-12)23-16(26)11-21-18(27)14-7-9-15(10-8-14)22-19(28)29-20(3,4)5/h7-10H,11H2,1-6H3,(H,21,27)(H,22,28)(H,23,26). The van der Waals surface area contributed by atoms with Gasteiger partial charge < -0.3 is 15.4 Å². The molecule has 9 heteroatoms. The average Bonchev–Trinajstić information content (AvgIpc) is 2.85. The first-order valence-electron chi connectivity index (χ1n) is 9.14. The molecule has 3 N–H and O–H groups in total. The number of hydrogen-bond acceptors (Lipinski definition) is 5. The van der Waals surface area contributed by atoms with Gasteiger partial charge in [0.25, 0.3) is 5.91 Å². The molecule has 0 aliphatic heterocycles. The van der Waals surface area contributed by atoms with Gasteiger partial charge in [0.05, 0.1) is 23.6 Å². The van der Waals surface area contributed by atoms with Gasteiger partial charge >= 0.3 is 6.09 Å². The quantitative estimate of drug-likeness (QED) is 0.713. The Bertz CT molecular complexity index is 910. The van der Waals surface area contributed by atoms with Crippen LogP contribution in [0, 0.1) is 13.8 Å². The van der Waals surface area contributed by atoms with Gasteiger partial charge in [0.2, 0.25) is 5.91 Å². The predicted octanol–water partition coefficient (Wildman–Crippen LogP) is 2.75. The van der Waals surface area contributed by atoms with E-state index in [4.69, 9.17) is 4.74 Å². The molecule has 9 nitrogen and oxygen atoms in total. The van der Waals surface area contributed by atoms with Crippen LogP contribution < -0.4 is 16.0 Å². The van der Waals surface area contributed by atoms with Crippen LogP contribution >= 0.6 is 0 Å². The Kier molecular flexibility index (Phi) is 6.63. The Morgan fingerprint density at radius 3 is 2.21 bits per heavy atom. The number of carbonyl (C=O) groups excluding carboxylic acids is 3. The molecule has 0 fully saturated rings. The molecule has 0 aliphatic carbocycles. The Hall–Kier alpha value is -3.36. The smallest absolute Gasteiger partial charge is 0.412 e. The number of aromatic nitrogens is 2. The summed E-state index contributed by atoms with van der Waals surface area (Å²) in [5, 5.41) is 12.1. The molecule has 29 heavy (non-hydrogen) atoms. The zero-order valence-electron chi connectivity index (χ0n) is 17.5. The van der Waals surface area contributed by atoms with Gasteiger partial charge in [0, 0.05) is 18.3 Å². The van der Waals surface area contributed by atoms with Gasteiger partial charge in [0.1, 0.15) is 5.60 Å². The number of hydrogen-bond donors (Lipinski definition) is 3. The first-order valence-corrected chi connectivity index (χ1v) is 9.14. The van der Waals surface area contributed by atoms with E-state index < -0.39 is 17.6 Å². The summed E-state index contributed by atoms with van der Waals surface area (Å²) in [5.74, 6) is -0.746. The van der Waals surface area contributed by atoms with Gasteiger partial charge in [0.15, 0.2) is 0 Å². The van der Waals surface area contributed by atoms with Gasteiger partial charge in [-0.25, -0.2) is 4.79 Å². The highest BCUT2D eigenvalue weighted by molar-refractivity contribution is 6.00. The van der Waals surface area contributed by atoms with Crippen LogP contribution in [0.25, 0.3) is 0 Å². The molecule has 156 valence electrons. The van der Waals surface area contributed by atoms with Crippen molar-refractivity contribution < 1.29 is 19.1 Å². The zero-order chi connectivity index (χ0) is 21.8. The second-order valence-corrected chi connectivity index (χ2v) is 7.60. The minimum Gasteiger partial charge on any atom is -0.444 e. The van der Waals surface area contributed by atoms with Crippen LogP contribution in [0.5, 0.6) is 0 Å². The number of nitrogens with one attached hydrogen (secondary N) is 3. The van der Waals surface area contributed by atoms with Crippen molar-refractivity contribution in [2.24, 2.45) is 7.05 Å². The molecular weight excluding hydrogens is 374 g/mol. The fourth-order valence-electron chi connectivity index (χ4n) is 2.53. The lowest BCUT2D eigenvalue weighted by Gasteiger charge is -2.19. The first-order chi connectivity index (χ1) is 13.5. The molecule has 0 bridgehead atoms. The Morgan fingerprint density at radius 2 is 1.69 bits per heavy atom. The molecule has 3 amide bonds. The molecule has 0 saturated heterocycles. The van der Waals surface area contributed by atoms with Gasteiger partial charge in [-0.05, 0) is 58.9 Å². The first kappa shape index (κ1) is 21.9. The summed E-state index contributed by atoms with van der Waals surface area (Å²) in [6.07, 6.45) is -0.577. The minimum absolute atomic E-state index is 0.176. The summed E-state index contributed by atoms with van der Waals surface area (Å²) in [5.41, 5.74) is 2.44. The van der Waals surface area contributed by atoms with E-state index in [-0.39, 0.29) is 12.5 Å². The Balaban J connectivity index is 1.87. The van der Waals surface area contributed by atoms with E-state index in [1.807, 2.05) is 6.92 Å². The van der Waals surface area contributed by atoms with Crippen molar-refractivity contribution in [1.29, 1.82) is 0 Å². The highest BCUT2D eigenvalue weighted by Crippen LogP contribution is 2.18. The third-order valence-electron chi connectivity index (χ3n) is 3.98. The highest BCUT2D eigenvalue weighted by atomic mass is 16.6. The third-order valence-corrected chi connectivity index (χ3v) is 3.98. The zero-order valence-corrected chi connectivity index (χ0v) is 17.5. The lowest BCUT2D eigenvalue weighted by atomic mass is 10.2. The molecule has 0 aliphatic rings. The second-order valence-electron chi connectivity index (χ2n) is 7.60. The van der Waals surface area contributed by atoms with Crippen LogP contribution in [0.15, 0.2) is 24.3 Å². The summed E-state index contributed by atoms with van der Waals surface area (Å²) >= 11 is 0. The Labute approximate surface area is 169 Å².